The second-order valence-corrected chi connectivity index (χ2v) is 6.82. The lowest BCUT2D eigenvalue weighted by Crippen LogP contribution is -2.06. The number of carbonyl (C=O) groups excluding carboxylic acids is 2. The lowest BCUT2D eigenvalue weighted by Gasteiger charge is -1.98. The van der Waals surface area contributed by atoms with Crippen LogP contribution in [0.1, 0.15) is 40.4 Å². The van der Waals surface area contributed by atoms with Crippen LogP contribution in [-0.4, -0.2) is 54.8 Å². The summed E-state index contributed by atoms with van der Waals surface area (Å²) < 4.78 is 13.3. The Balaban J connectivity index is 2.16. The summed E-state index contributed by atoms with van der Waals surface area (Å²) in [6.45, 7) is 5.78. The minimum absolute atomic E-state index is 0.0582. The van der Waals surface area contributed by atoms with E-state index < -0.39 is 11.9 Å². The topological polar surface area (TPSA) is 113 Å². The molecule has 0 aliphatic carbocycles. The minimum Gasteiger partial charge on any atom is -0.461 e. The van der Waals surface area contributed by atoms with E-state index in [0.29, 0.717) is 20.7 Å². The zero-order chi connectivity index (χ0) is 19.8. The van der Waals surface area contributed by atoms with Crippen LogP contribution in [0.25, 0.3) is 20.7 Å². The Morgan fingerprint density at radius 2 is 1.46 bits per heavy atom. The first kappa shape index (κ1) is 18.0. The highest BCUT2D eigenvalue weighted by Crippen LogP contribution is 2.26. The maximum absolute atomic E-state index is 12.4. The van der Waals surface area contributed by atoms with Crippen molar-refractivity contribution < 1.29 is 19.1 Å². The van der Waals surface area contributed by atoms with Crippen LogP contribution >= 0.6 is 11.3 Å². The van der Waals surface area contributed by atoms with Crippen molar-refractivity contribution in [2.75, 3.05) is 13.2 Å². The Labute approximate surface area is 162 Å². The van der Waals surface area contributed by atoms with Crippen molar-refractivity contribution in [1.82, 2.24) is 29.7 Å². The minimum atomic E-state index is -0.594. The van der Waals surface area contributed by atoms with Crippen molar-refractivity contribution in [1.29, 1.82) is 0 Å². The van der Waals surface area contributed by atoms with Gasteiger partial charge >= 0.3 is 11.9 Å². The number of benzene rings is 1. The van der Waals surface area contributed by atoms with Gasteiger partial charge in [0.2, 0.25) is 11.4 Å². The molecule has 0 unspecified atom stereocenters. The molecule has 0 N–H and O–H groups in total. The molecule has 144 valence electrons. The van der Waals surface area contributed by atoms with Gasteiger partial charge in [0.15, 0.2) is 9.66 Å². The molecule has 0 radical (unpaired) electrons. The predicted molar refractivity (Wildman–Crippen MR) is 100 cm³/mol. The zero-order valence-electron chi connectivity index (χ0n) is 15.4. The van der Waals surface area contributed by atoms with E-state index in [1.165, 1.54) is 4.52 Å². The third-order valence-corrected chi connectivity index (χ3v) is 5.10. The van der Waals surface area contributed by atoms with Crippen LogP contribution in [0.5, 0.6) is 0 Å². The van der Waals surface area contributed by atoms with Gasteiger partial charge in [-0.1, -0.05) is 27.8 Å². The first-order valence-corrected chi connectivity index (χ1v) is 9.41. The first-order chi connectivity index (χ1) is 13.5. The molecule has 28 heavy (non-hydrogen) atoms. The fourth-order valence-corrected chi connectivity index (χ4v) is 3.84. The van der Waals surface area contributed by atoms with Crippen molar-refractivity contribution in [2.24, 2.45) is 0 Å². The normalized spacial score (nSPS) is 11.2. The van der Waals surface area contributed by atoms with E-state index in [-0.39, 0.29) is 24.6 Å². The zero-order valence-corrected chi connectivity index (χ0v) is 16.2. The number of aromatic nitrogens is 6. The third kappa shape index (κ3) is 2.80. The molecule has 4 aromatic rings. The molecule has 0 spiro atoms. The molecule has 0 bridgehead atoms. The molecular formula is C17H16N6O4S. The van der Waals surface area contributed by atoms with Gasteiger partial charge in [0, 0.05) is 0 Å². The quantitative estimate of drug-likeness (QED) is 0.479. The number of esters is 2. The highest BCUT2D eigenvalue weighted by molar-refractivity contribution is 7.22. The Hall–Kier alpha value is -3.34. The van der Waals surface area contributed by atoms with Gasteiger partial charge in [0.05, 0.1) is 24.2 Å². The summed E-state index contributed by atoms with van der Waals surface area (Å²) in [6, 6.07) is 5.65. The number of aryl methyl sites for hydroxylation is 1. The van der Waals surface area contributed by atoms with E-state index in [0.717, 1.165) is 16.9 Å². The average molecular weight is 400 g/mol. The fraction of sp³-hybridized carbons (Fsp3) is 0.294. The van der Waals surface area contributed by atoms with E-state index in [1.807, 2.05) is 25.1 Å². The monoisotopic (exact) mass is 400 g/mol. The number of carbonyl (C=O) groups is 2. The summed E-state index contributed by atoms with van der Waals surface area (Å²) >= 11 is 1.11. The Morgan fingerprint density at radius 3 is 2.00 bits per heavy atom. The number of hydrogen-bond donors (Lipinski definition) is 0. The smallest absolute Gasteiger partial charge is 0.362 e. The van der Waals surface area contributed by atoms with Crippen molar-refractivity contribution in [3.05, 3.63) is 35.2 Å². The van der Waals surface area contributed by atoms with Crippen LogP contribution in [0.15, 0.2) is 18.2 Å². The molecule has 0 aliphatic rings. The first-order valence-electron chi connectivity index (χ1n) is 8.60. The van der Waals surface area contributed by atoms with Crippen molar-refractivity contribution >= 4 is 44.0 Å². The van der Waals surface area contributed by atoms with Gasteiger partial charge in [0.25, 0.3) is 0 Å². The van der Waals surface area contributed by atoms with E-state index >= 15 is 0 Å². The predicted octanol–water partition coefficient (Wildman–Crippen LogP) is 2.21. The summed E-state index contributed by atoms with van der Waals surface area (Å²) in [5, 5.41) is 16.3. The molecule has 11 heteroatoms. The maximum Gasteiger partial charge on any atom is 0.362 e. The van der Waals surface area contributed by atoms with Crippen molar-refractivity contribution in [3.63, 3.8) is 0 Å². The molecule has 10 nitrogen and oxygen atoms in total. The number of ether oxygens (including phenoxy) is 2. The molecule has 0 atom stereocenters. The van der Waals surface area contributed by atoms with Gasteiger partial charge in [-0.05, 0) is 38.5 Å². The van der Waals surface area contributed by atoms with Gasteiger partial charge in [0.1, 0.15) is 0 Å². The summed E-state index contributed by atoms with van der Waals surface area (Å²) in [4.78, 5) is 25.5. The molecule has 3 heterocycles. The molecule has 0 saturated heterocycles. The van der Waals surface area contributed by atoms with E-state index in [1.54, 1.807) is 18.4 Å². The van der Waals surface area contributed by atoms with E-state index in [4.69, 9.17) is 9.47 Å². The summed E-state index contributed by atoms with van der Waals surface area (Å²) in [7, 11) is 0. The van der Waals surface area contributed by atoms with Gasteiger partial charge in [-0.2, -0.15) is 0 Å². The highest BCUT2D eigenvalue weighted by atomic mass is 32.1. The lowest BCUT2D eigenvalue weighted by molar-refractivity contribution is 0.0512. The summed E-state index contributed by atoms with van der Waals surface area (Å²) in [5.41, 5.74) is 2.41. The second-order valence-electron chi connectivity index (χ2n) is 5.85. The maximum atomic E-state index is 12.4. The number of rotatable bonds is 4. The standard InChI is InChI=1S/C17H16N6O4S/c1-4-26-16(24)12-14-22(20-18-12)10-7-6-9(3)8-11(10)23-15(28-14)13(19-21-23)17(25)27-5-2/h6-8H,4-5H2,1-3H3. The molecule has 4 rings (SSSR count). The largest absolute Gasteiger partial charge is 0.461 e. The Kier molecular flexibility index (Phi) is 4.51. The molecule has 3 aromatic heterocycles. The van der Waals surface area contributed by atoms with Gasteiger partial charge in [-0.15, -0.1) is 10.2 Å². The SMILES string of the molecule is CCOC(=O)c1nnn2c1sc1c(C(=O)OCC)nnn1c1cc(C)ccc12. The van der Waals surface area contributed by atoms with E-state index in [9.17, 15) is 9.59 Å². The van der Waals surface area contributed by atoms with Crippen LogP contribution in [0.2, 0.25) is 0 Å². The molecule has 1 aromatic carbocycles. The third-order valence-electron chi connectivity index (χ3n) is 3.98. The molecular weight excluding hydrogens is 384 g/mol. The Bertz CT molecular complexity index is 1260. The fourth-order valence-electron chi connectivity index (χ4n) is 2.77. The van der Waals surface area contributed by atoms with Crippen LogP contribution < -0.4 is 0 Å². The molecule has 0 amide bonds. The molecule has 0 aliphatic heterocycles. The van der Waals surface area contributed by atoms with Gasteiger partial charge in [-0.3, -0.25) is 0 Å². The number of fused-ring (bicyclic) bond motifs is 5. The van der Waals surface area contributed by atoms with Crippen molar-refractivity contribution in [2.45, 2.75) is 20.8 Å². The molecule has 0 saturated carbocycles. The van der Waals surface area contributed by atoms with E-state index in [2.05, 4.69) is 20.6 Å². The average Bonchev–Trinajstić information content (AvgIpc) is 3.24. The summed E-state index contributed by atoms with van der Waals surface area (Å²) in [5.74, 6) is -1.19. The van der Waals surface area contributed by atoms with Crippen LogP contribution in [0, 0.1) is 6.92 Å². The van der Waals surface area contributed by atoms with Crippen molar-refractivity contribution in [3.8, 4) is 0 Å². The highest BCUT2D eigenvalue weighted by Gasteiger charge is 2.23. The second kappa shape index (κ2) is 7.00. The lowest BCUT2D eigenvalue weighted by atomic mass is 10.2. The number of nitrogens with zero attached hydrogens (tertiary/aromatic N) is 6. The van der Waals surface area contributed by atoms with Crippen LogP contribution in [0.3, 0.4) is 0 Å². The van der Waals surface area contributed by atoms with Gasteiger partial charge in [-0.25, -0.2) is 18.6 Å². The number of hydrogen-bond acceptors (Lipinski definition) is 9. The van der Waals surface area contributed by atoms with Crippen LogP contribution in [0.4, 0.5) is 0 Å². The molecule has 0 fully saturated rings. The van der Waals surface area contributed by atoms with Crippen LogP contribution in [-0.2, 0) is 9.47 Å². The summed E-state index contributed by atoms with van der Waals surface area (Å²) in [6.07, 6.45) is 0. The van der Waals surface area contributed by atoms with Gasteiger partial charge < -0.3 is 9.47 Å². The Morgan fingerprint density at radius 1 is 0.929 bits per heavy atom.